The molecule has 0 fully saturated rings. The molecule has 112 valence electrons. The Balaban J connectivity index is 1.97. The number of hydrogen-bond acceptors (Lipinski definition) is 2. The Morgan fingerprint density at radius 3 is 2.55 bits per heavy atom. The van der Waals surface area contributed by atoms with Crippen LogP contribution in [-0.4, -0.2) is 15.5 Å². The van der Waals surface area contributed by atoms with E-state index in [0.717, 1.165) is 29.2 Å². The maximum Gasteiger partial charge on any atom is 0.258 e. The maximum absolute atomic E-state index is 13.2. The number of aryl methyl sites for hydroxylation is 1. The molecule has 0 spiro atoms. The van der Waals surface area contributed by atoms with Crippen molar-refractivity contribution in [2.45, 2.75) is 13.5 Å². The number of nitrogens with one attached hydrogen (secondary N) is 1. The van der Waals surface area contributed by atoms with E-state index in [9.17, 15) is 13.6 Å². The van der Waals surface area contributed by atoms with E-state index in [2.05, 4.69) is 10.3 Å². The number of fused-ring (bicyclic) bond motifs is 1. The van der Waals surface area contributed by atoms with Crippen LogP contribution >= 0.6 is 0 Å². The average molecular weight is 301 g/mol. The minimum Gasteiger partial charge on any atom is -0.310 e. The molecule has 1 aromatic heterocycles. The van der Waals surface area contributed by atoms with E-state index in [1.165, 1.54) is 0 Å². The summed E-state index contributed by atoms with van der Waals surface area (Å²) < 4.78 is 28.2. The molecule has 22 heavy (non-hydrogen) atoms. The number of amides is 1. The summed E-state index contributed by atoms with van der Waals surface area (Å²) >= 11 is 0. The lowest BCUT2D eigenvalue weighted by Gasteiger charge is -2.08. The summed E-state index contributed by atoms with van der Waals surface area (Å²) in [6.45, 7) is 2.53. The molecule has 0 atom stereocenters. The molecule has 1 N–H and O–H groups in total. The van der Waals surface area contributed by atoms with Gasteiger partial charge < -0.3 is 4.57 Å². The number of aromatic nitrogens is 2. The zero-order valence-electron chi connectivity index (χ0n) is 11.8. The van der Waals surface area contributed by atoms with Gasteiger partial charge in [0.2, 0.25) is 5.95 Å². The fourth-order valence-electron chi connectivity index (χ4n) is 2.35. The number of carbonyl (C=O) groups is 1. The van der Waals surface area contributed by atoms with Crippen molar-refractivity contribution in [3.05, 3.63) is 59.7 Å². The highest BCUT2D eigenvalue weighted by molar-refractivity contribution is 6.04. The molecule has 3 aromatic rings. The number of imidazole rings is 1. The third kappa shape index (κ3) is 2.55. The second kappa shape index (κ2) is 5.55. The molecule has 0 saturated heterocycles. The van der Waals surface area contributed by atoms with Gasteiger partial charge in [-0.15, -0.1) is 0 Å². The molecule has 0 bridgehead atoms. The van der Waals surface area contributed by atoms with Gasteiger partial charge in [0.05, 0.1) is 11.0 Å². The Hall–Kier alpha value is -2.76. The number of nitrogens with zero attached hydrogens (tertiary/aromatic N) is 2. The molecule has 4 nitrogen and oxygen atoms in total. The topological polar surface area (TPSA) is 46.9 Å². The van der Waals surface area contributed by atoms with Crippen molar-refractivity contribution in [3.63, 3.8) is 0 Å². The number of benzene rings is 2. The van der Waals surface area contributed by atoms with E-state index in [1.54, 1.807) is 0 Å². The van der Waals surface area contributed by atoms with Gasteiger partial charge >= 0.3 is 0 Å². The summed E-state index contributed by atoms with van der Waals surface area (Å²) in [5.41, 5.74) is 1.53. The molecular formula is C16H13F2N3O. The van der Waals surface area contributed by atoms with Crippen LogP contribution in [0.5, 0.6) is 0 Å². The molecule has 1 heterocycles. The number of hydrogen-bond donors (Lipinski definition) is 1. The molecule has 3 rings (SSSR count). The Morgan fingerprint density at radius 2 is 1.86 bits per heavy atom. The molecule has 0 unspecified atom stereocenters. The SMILES string of the molecule is CCn1c(NC(=O)c2cc(F)cc(F)c2)nc2ccccc21. The Labute approximate surface area is 125 Å². The summed E-state index contributed by atoms with van der Waals surface area (Å²) in [5, 5.41) is 2.60. The van der Waals surface area contributed by atoms with E-state index in [4.69, 9.17) is 0 Å². The smallest absolute Gasteiger partial charge is 0.258 e. The molecule has 0 radical (unpaired) electrons. The first-order valence-corrected chi connectivity index (χ1v) is 6.81. The van der Waals surface area contributed by atoms with E-state index in [1.807, 2.05) is 35.8 Å². The predicted molar refractivity (Wildman–Crippen MR) is 79.7 cm³/mol. The molecule has 1 amide bonds. The van der Waals surface area contributed by atoms with Crippen LogP contribution in [0.15, 0.2) is 42.5 Å². The van der Waals surface area contributed by atoms with Crippen LogP contribution < -0.4 is 5.32 Å². The number of halogens is 2. The predicted octanol–water partition coefficient (Wildman–Crippen LogP) is 3.59. The molecule has 0 aliphatic heterocycles. The third-order valence-electron chi connectivity index (χ3n) is 3.32. The van der Waals surface area contributed by atoms with Gasteiger partial charge in [-0.1, -0.05) is 12.1 Å². The Kier molecular flexibility index (Phi) is 3.58. The number of para-hydroxylation sites is 2. The van der Waals surface area contributed by atoms with Crippen LogP contribution in [0.25, 0.3) is 11.0 Å². The van der Waals surface area contributed by atoms with Gasteiger partial charge in [-0.2, -0.15) is 0 Å². The van der Waals surface area contributed by atoms with Crippen molar-refractivity contribution >= 4 is 22.9 Å². The van der Waals surface area contributed by atoms with E-state index < -0.39 is 17.5 Å². The van der Waals surface area contributed by atoms with Gasteiger partial charge in [0.1, 0.15) is 11.6 Å². The van der Waals surface area contributed by atoms with E-state index >= 15 is 0 Å². The first-order valence-electron chi connectivity index (χ1n) is 6.81. The number of rotatable bonds is 3. The van der Waals surface area contributed by atoms with Crippen molar-refractivity contribution in [3.8, 4) is 0 Å². The van der Waals surface area contributed by atoms with Gasteiger partial charge in [-0.25, -0.2) is 13.8 Å². The highest BCUT2D eigenvalue weighted by atomic mass is 19.1. The third-order valence-corrected chi connectivity index (χ3v) is 3.32. The summed E-state index contributed by atoms with van der Waals surface area (Å²) in [6, 6.07) is 10.1. The number of carbonyl (C=O) groups excluding carboxylic acids is 1. The van der Waals surface area contributed by atoms with Gasteiger partial charge in [-0.05, 0) is 31.2 Å². The number of anilines is 1. The fraction of sp³-hybridized carbons (Fsp3) is 0.125. The van der Waals surface area contributed by atoms with Crippen LogP contribution in [0.2, 0.25) is 0 Å². The largest absolute Gasteiger partial charge is 0.310 e. The van der Waals surface area contributed by atoms with Crippen LogP contribution in [0.4, 0.5) is 14.7 Å². The summed E-state index contributed by atoms with van der Waals surface area (Å²) in [7, 11) is 0. The highest BCUT2D eigenvalue weighted by Crippen LogP contribution is 2.20. The normalized spacial score (nSPS) is 10.9. The first-order chi connectivity index (χ1) is 10.6. The lowest BCUT2D eigenvalue weighted by atomic mass is 10.2. The standard InChI is InChI=1S/C16H13F2N3O/c1-2-21-14-6-4-3-5-13(14)19-16(21)20-15(22)10-7-11(17)9-12(18)8-10/h3-9H,2H2,1H3,(H,19,20,22). The lowest BCUT2D eigenvalue weighted by Crippen LogP contribution is -2.16. The molecule has 0 saturated carbocycles. The quantitative estimate of drug-likeness (QED) is 0.803. The Bertz CT molecular complexity index is 837. The molecule has 0 aliphatic rings. The average Bonchev–Trinajstić information content (AvgIpc) is 2.83. The summed E-state index contributed by atoms with van der Waals surface area (Å²) in [6.07, 6.45) is 0. The monoisotopic (exact) mass is 301 g/mol. The van der Waals surface area contributed by atoms with Gasteiger partial charge in [0.15, 0.2) is 0 Å². The van der Waals surface area contributed by atoms with Crippen molar-refractivity contribution in [1.29, 1.82) is 0 Å². The van der Waals surface area contributed by atoms with Gasteiger partial charge in [-0.3, -0.25) is 10.1 Å². The van der Waals surface area contributed by atoms with Crippen LogP contribution in [0.1, 0.15) is 17.3 Å². The minimum atomic E-state index is -0.797. The molecule has 6 heteroatoms. The fourth-order valence-corrected chi connectivity index (χ4v) is 2.35. The summed E-state index contributed by atoms with van der Waals surface area (Å²) in [4.78, 5) is 16.5. The first kappa shape index (κ1) is 14.2. The van der Waals surface area contributed by atoms with Crippen LogP contribution in [0, 0.1) is 11.6 Å². The Morgan fingerprint density at radius 1 is 1.18 bits per heavy atom. The maximum atomic E-state index is 13.2. The zero-order chi connectivity index (χ0) is 15.7. The van der Waals surface area contributed by atoms with E-state index in [0.29, 0.717) is 12.5 Å². The van der Waals surface area contributed by atoms with Crippen LogP contribution in [-0.2, 0) is 6.54 Å². The zero-order valence-corrected chi connectivity index (χ0v) is 11.8. The van der Waals surface area contributed by atoms with Gasteiger partial charge in [0.25, 0.3) is 5.91 Å². The minimum absolute atomic E-state index is 0.0905. The second-order valence-electron chi connectivity index (χ2n) is 4.78. The van der Waals surface area contributed by atoms with Crippen molar-refractivity contribution in [2.24, 2.45) is 0 Å². The van der Waals surface area contributed by atoms with Gasteiger partial charge in [0, 0.05) is 18.2 Å². The van der Waals surface area contributed by atoms with Crippen molar-refractivity contribution in [2.75, 3.05) is 5.32 Å². The van der Waals surface area contributed by atoms with E-state index in [-0.39, 0.29) is 5.56 Å². The summed E-state index contributed by atoms with van der Waals surface area (Å²) in [5.74, 6) is -1.86. The van der Waals surface area contributed by atoms with Crippen LogP contribution in [0.3, 0.4) is 0 Å². The molecule has 0 aliphatic carbocycles. The van der Waals surface area contributed by atoms with Crippen molar-refractivity contribution in [1.82, 2.24) is 9.55 Å². The van der Waals surface area contributed by atoms with Crippen molar-refractivity contribution < 1.29 is 13.6 Å². The highest BCUT2D eigenvalue weighted by Gasteiger charge is 2.14. The second-order valence-corrected chi connectivity index (χ2v) is 4.78. The molecule has 2 aromatic carbocycles. The molecular weight excluding hydrogens is 288 g/mol. The lowest BCUT2D eigenvalue weighted by molar-refractivity contribution is 0.102.